The molecule has 34 heavy (non-hydrogen) atoms. The van der Waals surface area contributed by atoms with Gasteiger partial charge in [-0.1, -0.05) is 41.9 Å². The monoisotopic (exact) mass is 478 g/mol. The van der Waals surface area contributed by atoms with E-state index in [0.717, 1.165) is 24.8 Å². The number of para-hydroxylation sites is 1. The van der Waals surface area contributed by atoms with E-state index in [0.29, 0.717) is 33.1 Å². The number of aryl methyl sites for hydroxylation is 1. The Hall–Kier alpha value is -3.22. The lowest BCUT2D eigenvalue weighted by Gasteiger charge is -2.40. The fourth-order valence-electron chi connectivity index (χ4n) is 4.37. The van der Waals surface area contributed by atoms with Crippen molar-refractivity contribution in [3.63, 3.8) is 0 Å². The normalized spacial score (nSPS) is 15.3. The van der Waals surface area contributed by atoms with Crippen LogP contribution in [0.25, 0.3) is 11.1 Å². The molecule has 2 aromatic carbocycles. The van der Waals surface area contributed by atoms with Gasteiger partial charge in [0.2, 0.25) is 0 Å². The highest BCUT2D eigenvalue weighted by Gasteiger charge is 2.40. The van der Waals surface area contributed by atoms with Crippen molar-refractivity contribution in [3.05, 3.63) is 82.1 Å². The first-order valence-corrected chi connectivity index (χ1v) is 11.6. The Kier molecular flexibility index (Phi) is 6.73. The van der Waals surface area contributed by atoms with Crippen LogP contribution in [-0.2, 0) is 9.53 Å². The first-order chi connectivity index (χ1) is 16.2. The van der Waals surface area contributed by atoms with Crippen LogP contribution < -0.4 is 5.32 Å². The van der Waals surface area contributed by atoms with E-state index in [2.05, 4.69) is 10.3 Å². The van der Waals surface area contributed by atoms with Crippen molar-refractivity contribution in [2.45, 2.75) is 51.7 Å². The average molecular weight is 479 g/mol. The lowest BCUT2D eigenvalue weighted by molar-refractivity contribution is -0.174. The van der Waals surface area contributed by atoms with Crippen molar-refractivity contribution in [3.8, 4) is 11.1 Å². The lowest BCUT2D eigenvalue weighted by atomic mass is 9.81. The smallest absolute Gasteiger partial charge is 0.337 e. The standard InChI is InChI=1S/C27H27ClN2O4/c1-16-21(18-10-12-19(28)13-11-18)22(24(26(32)33)34-27(3)14-7-15-27)17(2)29-23(16)25(31)30-20-8-5-4-6-9-20/h4-6,8-13,24H,7,14-15H2,1-3H3,(H,30,31)(H,32,33)/t24-/m0/s1. The third kappa shape index (κ3) is 4.83. The maximum atomic E-state index is 13.2. The molecule has 7 heteroatoms. The molecule has 0 radical (unpaired) electrons. The summed E-state index contributed by atoms with van der Waals surface area (Å²) in [7, 11) is 0. The fraction of sp³-hybridized carbons (Fsp3) is 0.296. The minimum atomic E-state index is -1.21. The predicted molar refractivity (Wildman–Crippen MR) is 132 cm³/mol. The molecular weight excluding hydrogens is 452 g/mol. The number of anilines is 1. The molecule has 0 bridgehead atoms. The van der Waals surface area contributed by atoms with Crippen LogP contribution in [0.15, 0.2) is 54.6 Å². The van der Waals surface area contributed by atoms with E-state index in [4.69, 9.17) is 16.3 Å². The zero-order valence-corrected chi connectivity index (χ0v) is 20.1. The molecule has 0 unspecified atom stereocenters. The molecule has 1 aromatic heterocycles. The van der Waals surface area contributed by atoms with Crippen LogP contribution in [-0.4, -0.2) is 27.6 Å². The predicted octanol–water partition coefficient (Wildman–Crippen LogP) is 6.36. The summed E-state index contributed by atoms with van der Waals surface area (Å²) in [6.07, 6.45) is 1.39. The van der Waals surface area contributed by atoms with E-state index in [9.17, 15) is 14.7 Å². The molecule has 1 saturated carbocycles. The summed E-state index contributed by atoms with van der Waals surface area (Å²) in [5.41, 5.74) is 3.21. The number of aliphatic carboxylic acids is 1. The van der Waals surface area contributed by atoms with Gasteiger partial charge in [0.05, 0.1) is 5.60 Å². The zero-order chi connectivity index (χ0) is 24.5. The van der Waals surface area contributed by atoms with Crippen LogP contribution in [0.3, 0.4) is 0 Å². The Morgan fingerprint density at radius 2 is 1.74 bits per heavy atom. The summed E-state index contributed by atoms with van der Waals surface area (Å²) in [4.78, 5) is 30.2. The van der Waals surface area contributed by atoms with E-state index in [1.54, 1.807) is 38.1 Å². The van der Waals surface area contributed by atoms with Gasteiger partial charge in [0.1, 0.15) is 5.69 Å². The van der Waals surface area contributed by atoms with Gasteiger partial charge in [0.15, 0.2) is 6.10 Å². The number of carbonyl (C=O) groups is 2. The topological polar surface area (TPSA) is 88.5 Å². The maximum Gasteiger partial charge on any atom is 0.337 e. The van der Waals surface area contributed by atoms with Gasteiger partial charge in [-0.05, 0) is 81.0 Å². The van der Waals surface area contributed by atoms with E-state index in [1.165, 1.54) is 0 Å². The van der Waals surface area contributed by atoms with Crippen LogP contribution in [0.5, 0.6) is 0 Å². The molecule has 1 aliphatic rings. The Morgan fingerprint density at radius 1 is 1.09 bits per heavy atom. The number of carbonyl (C=O) groups excluding carboxylic acids is 1. The molecule has 4 rings (SSSR count). The van der Waals surface area contributed by atoms with Gasteiger partial charge in [0.25, 0.3) is 5.91 Å². The van der Waals surface area contributed by atoms with Crippen molar-refractivity contribution >= 4 is 29.2 Å². The van der Waals surface area contributed by atoms with Gasteiger partial charge in [-0.15, -0.1) is 0 Å². The summed E-state index contributed by atoms with van der Waals surface area (Å²) < 4.78 is 6.17. The second-order valence-corrected chi connectivity index (χ2v) is 9.36. The number of nitrogens with zero attached hydrogens (tertiary/aromatic N) is 1. The van der Waals surface area contributed by atoms with Gasteiger partial charge in [0, 0.05) is 22.0 Å². The Bertz CT molecular complexity index is 1220. The van der Waals surface area contributed by atoms with E-state index < -0.39 is 17.7 Å². The minimum Gasteiger partial charge on any atom is -0.479 e. The van der Waals surface area contributed by atoms with Gasteiger partial charge < -0.3 is 15.2 Å². The van der Waals surface area contributed by atoms with Crippen LogP contribution in [0, 0.1) is 13.8 Å². The van der Waals surface area contributed by atoms with Crippen LogP contribution in [0.2, 0.25) is 5.02 Å². The molecular formula is C27H27ClN2O4. The van der Waals surface area contributed by atoms with Crippen molar-refractivity contribution in [1.82, 2.24) is 4.98 Å². The van der Waals surface area contributed by atoms with Gasteiger partial charge in [-0.2, -0.15) is 0 Å². The van der Waals surface area contributed by atoms with Gasteiger partial charge in [-0.3, -0.25) is 4.79 Å². The summed E-state index contributed by atoms with van der Waals surface area (Å²) in [5.74, 6) is -1.46. The molecule has 0 saturated heterocycles. The van der Waals surface area contributed by atoms with E-state index in [-0.39, 0.29) is 11.6 Å². The summed E-state index contributed by atoms with van der Waals surface area (Å²) in [6.45, 7) is 5.44. The molecule has 1 heterocycles. The van der Waals surface area contributed by atoms with Crippen LogP contribution in [0.4, 0.5) is 5.69 Å². The van der Waals surface area contributed by atoms with Crippen molar-refractivity contribution < 1.29 is 19.4 Å². The maximum absolute atomic E-state index is 13.2. The first-order valence-electron chi connectivity index (χ1n) is 11.2. The molecule has 176 valence electrons. The summed E-state index contributed by atoms with van der Waals surface area (Å²) >= 11 is 6.11. The Labute approximate surface area is 203 Å². The summed E-state index contributed by atoms with van der Waals surface area (Å²) in [6, 6.07) is 16.2. The number of hydrogen-bond acceptors (Lipinski definition) is 4. The molecule has 1 atom stereocenters. The third-order valence-corrected chi connectivity index (χ3v) is 6.60. The van der Waals surface area contributed by atoms with E-state index >= 15 is 0 Å². The van der Waals surface area contributed by atoms with Crippen LogP contribution >= 0.6 is 11.6 Å². The molecule has 0 aliphatic heterocycles. The molecule has 1 fully saturated rings. The second-order valence-electron chi connectivity index (χ2n) is 8.93. The first kappa shape index (κ1) is 23.9. The number of benzene rings is 2. The number of ether oxygens (including phenoxy) is 1. The number of aromatic nitrogens is 1. The number of halogens is 1. The van der Waals surface area contributed by atoms with E-state index in [1.807, 2.05) is 37.3 Å². The number of carboxylic acid groups (broad SMARTS) is 1. The van der Waals surface area contributed by atoms with Gasteiger partial charge in [-0.25, -0.2) is 9.78 Å². The quantitative estimate of drug-likeness (QED) is 0.412. The number of nitrogens with one attached hydrogen (secondary N) is 1. The van der Waals surface area contributed by atoms with Crippen LogP contribution in [0.1, 0.15) is 59.6 Å². The summed E-state index contributed by atoms with van der Waals surface area (Å²) in [5, 5.41) is 13.6. The molecule has 2 N–H and O–H groups in total. The SMILES string of the molecule is Cc1nc(C(=O)Nc2ccccc2)c(C)c(-c2ccc(Cl)cc2)c1[C@H](OC1(C)CCC1)C(=O)O. The Morgan fingerprint density at radius 3 is 2.29 bits per heavy atom. The highest BCUT2D eigenvalue weighted by atomic mass is 35.5. The molecule has 3 aromatic rings. The number of amides is 1. The molecule has 1 amide bonds. The number of hydrogen-bond donors (Lipinski definition) is 2. The number of carboxylic acids is 1. The Balaban J connectivity index is 1.86. The zero-order valence-electron chi connectivity index (χ0n) is 19.4. The second kappa shape index (κ2) is 9.57. The highest BCUT2D eigenvalue weighted by molar-refractivity contribution is 6.30. The van der Waals surface area contributed by atoms with Crippen molar-refractivity contribution in [2.75, 3.05) is 5.32 Å². The highest BCUT2D eigenvalue weighted by Crippen LogP contribution is 2.43. The van der Waals surface area contributed by atoms with Crippen molar-refractivity contribution in [1.29, 1.82) is 0 Å². The minimum absolute atomic E-state index is 0.231. The molecule has 6 nitrogen and oxygen atoms in total. The average Bonchev–Trinajstić information content (AvgIpc) is 2.79. The van der Waals surface area contributed by atoms with Crippen molar-refractivity contribution in [2.24, 2.45) is 0 Å². The fourth-order valence-corrected chi connectivity index (χ4v) is 4.49. The largest absolute Gasteiger partial charge is 0.479 e. The molecule has 0 spiro atoms. The third-order valence-electron chi connectivity index (χ3n) is 6.35. The lowest BCUT2D eigenvalue weighted by Crippen LogP contribution is -2.40. The van der Waals surface area contributed by atoms with Gasteiger partial charge >= 0.3 is 5.97 Å². The number of rotatable bonds is 7. The molecule has 1 aliphatic carbocycles. The number of pyridine rings is 1.